The van der Waals surface area contributed by atoms with Crippen molar-refractivity contribution in [1.82, 2.24) is 5.32 Å². The number of hydrogen-bond donors (Lipinski definition) is 2. The van der Waals surface area contributed by atoms with Gasteiger partial charge < -0.3 is 10.6 Å². The fourth-order valence-corrected chi connectivity index (χ4v) is 2.94. The van der Waals surface area contributed by atoms with E-state index in [0.717, 1.165) is 31.7 Å². The summed E-state index contributed by atoms with van der Waals surface area (Å²) in [5.74, 6) is -0.0746. The zero-order valence-corrected chi connectivity index (χ0v) is 13.4. The summed E-state index contributed by atoms with van der Waals surface area (Å²) in [5.41, 5.74) is -0.581. The smallest absolute Gasteiger partial charge is 0.385 e. The Bertz CT molecular complexity index is 543. The second-order valence-corrected chi connectivity index (χ2v) is 6.18. The van der Waals surface area contributed by atoms with Crippen LogP contribution < -0.4 is 10.6 Å². The van der Waals surface area contributed by atoms with Gasteiger partial charge in [-0.05, 0) is 31.0 Å². The van der Waals surface area contributed by atoms with Crippen molar-refractivity contribution in [2.75, 3.05) is 11.9 Å². The summed E-state index contributed by atoms with van der Waals surface area (Å²) in [7, 11) is 0. The first kappa shape index (κ1) is 17.9. The minimum Gasteiger partial charge on any atom is -0.385 e. The summed E-state index contributed by atoms with van der Waals surface area (Å²) < 4.78 is 38.3. The van der Waals surface area contributed by atoms with Crippen LogP contribution >= 0.6 is 11.6 Å². The van der Waals surface area contributed by atoms with Gasteiger partial charge in [-0.15, -0.1) is 0 Å². The van der Waals surface area contributed by atoms with E-state index in [1.165, 1.54) is 18.6 Å². The van der Waals surface area contributed by atoms with Crippen LogP contribution in [-0.4, -0.2) is 18.5 Å². The lowest BCUT2D eigenvalue weighted by Gasteiger charge is -2.22. The van der Waals surface area contributed by atoms with Crippen molar-refractivity contribution in [1.29, 1.82) is 0 Å². The molecule has 1 saturated carbocycles. The number of nitrogens with one attached hydrogen (secondary N) is 2. The van der Waals surface area contributed by atoms with Gasteiger partial charge in [-0.25, -0.2) is 0 Å². The quantitative estimate of drug-likeness (QED) is 0.815. The van der Waals surface area contributed by atoms with Gasteiger partial charge in [0.25, 0.3) is 0 Å². The molecule has 0 heterocycles. The SMILES string of the molecule is O=C(CCNc1ccc(Cl)c(C(F)(F)F)c1)NC1CCCCC1. The average molecular weight is 349 g/mol. The van der Waals surface area contributed by atoms with Crippen molar-refractivity contribution in [2.24, 2.45) is 0 Å². The van der Waals surface area contributed by atoms with Crippen LogP contribution in [0.25, 0.3) is 0 Å². The highest BCUT2D eigenvalue weighted by Gasteiger charge is 2.33. The Morgan fingerprint density at radius 2 is 1.91 bits per heavy atom. The number of halogens is 4. The van der Waals surface area contributed by atoms with Crippen LogP contribution in [0.4, 0.5) is 18.9 Å². The Labute approximate surface area is 138 Å². The summed E-state index contributed by atoms with van der Waals surface area (Å²) in [5, 5.41) is 5.47. The Morgan fingerprint density at radius 1 is 1.22 bits per heavy atom. The molecule has 1 fully saturated rings. The number of hydrogen-bond acceptors (Lipinski definition) is 2. The molecule has 2 rings (SSSR count). The number of anilines is 1. The number of benzene rings is 1. The number of rotatable bonds is 5. The van der Waals surface area contributed by atoms with Crippen LogP contribution in [0.5, 0.6) is 0 Å². The molecule has 7 heteroatoms. The fraction of sp³-hybridized carbons (Fsp3) is 0.562. The number of alkyl halides is 3. The monoisotopic (exact) mass is 348 g/mol. The fourth-order valence-electron chi connectivity index (χ4n) is 2.72. The molecule has 0 aromatic heterocycles. The molecule has 1 aromatic rings. The minimum atomic E-state index is -4.49. The molecule has 0 spiro atoms. The van der Waals surface area contributed by atoms with Gasteiger partial charge in [-0.3, -0.25) is 4.79 Å². The van der Waals surface area contributed by atoms with Crippen LogP contribution in [0.3, 0.4) is 0 Å². The molecule has 0 aliphatic heterocycles. The molecule has 128 valence electrons. The first-order valence-electron chi connectivity index (χ1n) is 7.76. The molecule has 0 radical (unpaired) electrons. The van der Waals surface area contributed by atoms with Crippen molar-refractivity contribution in [2.45, 2.75) is 50.7 Å². The second-order valence-electron chi connectivity index (χ2n) is 5.77. The topological polar surface area (TPSA) is 41.1 Å². The van der Waals surface area contributed by atoms with Crippen LogP contribution in [0.15, 0.2) is 18.2 Å². The highest BCUT2D eigenvalue weighted by molar-refractivity contribution is 6.31. The lowest BCUT2D eigenvalue weighted by Crippen LogP contribution is -2.36. The average Bonchev–Trinajstić information content (AvgIpc) is 2.49. The van der Waals surface area contributed by atoms with Gasteiger partial charge in [0.1, 0.15) is 0 Å². The third-order valence-electron chi connectivity index (χ3n) is 3.92. The summed E-state index contributed by atoms with van der Waals surface area (Å²) in [6.45, 7) is 0.275. The maximum atomic E-state index is 12.8. The van der Waals surface area contributed by atoms with Gasteiger partial charge in [-0.1, -0.05) is 30.9 Å². The largest absolute Gasteiger partial charge is 0.417 e. The van der Waals surface area contributed by atoms with Gasteiger partial charge in [0.15, 0.2) is 0 Å². The van der Waals surface area contributed by atoms with E-state index in [2.05, 4.69) is 10.6 Å². The van der Waals surface area contributed by atoms with E-state index in [-0.39, 0.29) is 29.9 Å². The van der Waals surface area contributed by atoms with E-state index in [1.54, 1.807) is 0 Å². The number of carbonyl (C=O) groups excluding carboxylic acids is 1. The Morgan fingerprint density at radius 3 is 2.57 bits per heavy atom. The van der Waals surface area contributed by atoms with Crippen molar-refractivity contribution < 1.29 is 18.0 Å². The van der Waals surface area contributed by atoms with Crippen molar-refractivity contribution in [3.63, 3.8) is 0 Å². The molecule has 1 aliphatic carbocycles. The summed E-state index contributed by atoms with van der Waals surface area (Å²) >= 11 is 5.56. The molecule has 1 amide bonds. The third-order valence-corrected chi connectivity index (χ3v) is 4.25. The molecule has 0 bridgehead atoms. The van der Waals surface area contributed by atoms with E-state index >= 15 is 0 Å². The first-order valence-corrected chi connectivity index (χ1v) is 8.14. The summed E-state index contributed by atoms with van der Waals surface area (Å²) in [6.07, 6.45) is 1.22. The Kier molecular flexibility index (Phi) is 6.16. The lowest BCUT2D eigenvalue weighted by molar-refractivity contribution is -0.137. The van der Waals surface area contributed by atoms with Crippen molar-refractivity contribution >= 4 is 23.2 Å². The minimum absolute atomic E-state index is 0.0746. The lowest BCUT2D eigenvalue weighted by atomic mass is 9.95. The Hall–Kier alpha value is -1.43. The highest BCUT2D eigenvalue weighted by atomic mass is 35.5. The highest BCUT2D eigenvalue weighted by Crippen LogP contribution is 2.36. The van der Waals surface area contributed by atoms with E-state index in [4.69, 9.17) is 11.6 Å². The molecule has 0 atom stereocenters. The summed E-state index contributed by atoms with van der Waals surface area (Å²) in [6, 6.07) is 3.87. The van der Waals surface area contributed by atoms with Gasteiger partial charge >= 0.3 is 6.18 Å². The third kappa shape index (κ3) is 5.61. The van der Waals surface area contributed by atoms with Gasteiger partial charge in [0.05, 0.1) is 10.6 Å². The van der Waals surface area contributed by atoms with Crippen LogP contribution in [-0.2, 0) is 11.0 Å². The van der Waals surface area contributed by atoms with Crippen LogP contribution in [0, 0.1) is 0 Å². The van der Waals surface area contributed by atoms with E-state index in [1.807, 2.05) is 0 Å². The maximum Gasteiger partial charge on any atom is 0.417 e. The predicted octanol–water partition coefficient (Wildman–Crippen LogP) is 4.61. The predicted molar refractivity (Wildman–Crippen MR) is 84.6 cm³/mol. The molecule has 3 nitrogen and oxygen atoms in total. The number of carbonyl (C=O) groups is 1. The second kappa shape index (κ2) is 7.90. The first-order chi connectivity index (χ1) is 10.9. The normalized spacial score (nSPS) is 16.2. The van der Waals surface area contributed by atoms with E-state index in [9.17, 15) is 18.0 Å². The van der Waals surface area contributed by atoms with Gasteiger partial charge in [-0.2, -0.15) is 13.2 Å². The molecule has 1 aliphatic rings. The molecule has 1 aromatic carbocycles. The van der Waals surface area contributed by atoms with Crippen molar-refractivity contribution in [3.05, 3.63) is 28.8 Å². The van der Waals surface area contributed by atoms with Crippen LogP contribution in [0.2, 0.25) is 5.02 Å². The number of amides is 1. The molecule has 0 saturated heterocycles. The van der Waals surface area contributed by atoms with Crippen molar-refractivity contribution in [3.8, 4) is 0 Å². The zero-order valence-electron chi connectivity index (χ0n) is 12.7. The van der Waals surface area contributed by atoms with Gasteiger partial charge in [0.2, 0.25) is 5.91 Å². The Balaban J connectivity index is 1.80. The molecule has 23 heavy (non-hydrogen) atoms. The van der Waals surface area contributed by atoms with E-state index in [0.29, 0.717) is 5.69 Å². The molecular formula is C16H20ClF3N2O. The zero-order chi connectivity index (χ0) is 16.9. The molecular weight excluding hydrogens is 329 g/mol. The summed E-state index contributed by atoms with van der Waals surface area (Å²) in [4.78, 5) is 11.8. The molecule has 0 unspecified atom stereocenters. The standard InChI is InChI=1S/C16H20ClF3N2O/c17-14-7-6-12(10-13(14)16(18,19)20)21-9-8-15(23)22-11-4-2-1-3-5-11/h6-7,10-11,21H,1-5,8-9H2,(H,22,23). The van der Waals surface area contributed by atoms with E-state index < -0.39 is 11.7 Å². The molecule has 2 N–H and O–H groups in total. The van der Waals surface area contributed by atoms with Gasteiger partial charge in [0, 0.05) is 24.7 Å². The maximum absolute atomic E-state index is 12.8. The van der Waals surface area contributed by atoms with Crippen LogP contribution in [0.1, 0.15) is 44.1 Å².